The number of methoxy groups -OCH3 is 1. The molecule has 6 heteroatoms. The summed E-state index contributed by atoms with van der Waals surface area (Å²) >= 11 is 0. The van der Waals surface area contributed by atoms with Gasteiger partial charge in [-0.05, 0) is 19.0 Å². The van der Waals surface area contributed by atoms with Crippen LogP contribution in [-0.2, 0) is 6.42 Å². The van der Waals surface area contributed by atoms with E-state index in [1.54, 1.807) is 13.3 Å². The Hall–Kier alpha value is -1.95. The van der Waals surface area contributed by atoms with Gasteiger partial charge in [0.05, 0.1) is 13.2 Å². The van der Waals surface area contributed by atoms with E-state index in [1.807, 2.05) is 26.0 Å². The zero-order chi connectivity index (χ0) is 13.7. The summed E-state index contributed by atoms with van der Waals surface area (Å²) in [7, 11) is 1.59. The summed E-state index contributed by atoms with van der Waals surface area (Å²) in [4.78, 5) is 8.51. The molecule has 0 spiro atoms. The Kier molecular flexibility index (Phi) is 4.46. The van der Waals surface area contributed by atoms with Crippen LogP contribution in [0.4, 0.5) is 0 Å². The van der Waals surface area contributed by atoms with E-state index in [0.29, 0.717) is 24.0 Å². The van der Waals surface area contributed by atoms with E-state index in [2.05, 4.69) is 20.4 Å². The highest BCUT2D eigenvalue weighted by atomic mass is 16.5. The summed E-state index contributed by atoms with van der Waals surface area (Å²) < 4.78 is 10.2. The third-order valence-corrected chi connectivity index (χ3v) is 2.73. The zero-order valence-electron chi connectivity index (χ0n) is 11.4. The molecule has 0 aliphatic heterocycles. The third-order valence-electron chi connectivity index (χ3n) is 2.73. The van der Waals surface area contributed by atoms with Crippen molar-refractivity contribution in [3.8, 4) is 5.88 Å². The first kappa shape index (κ1) is 13.5. The second kappa shape index (κ2) is 6.29. The van der Waals surface area contributed by atoms with E-state index in [-0.39, 0.29) is 6.04 Å². The number of pyridine rings is 1. The van der Waals surface area contributed by atoms with Gasteiger partial charge in [-0.1, -0.05) is 18.1 Å². The van der Waals surface area contributed by atoms with Crippen LogP contribution in [0.2, 0.25) is 0 Å². The molecule has 2 heterocycles. The van der Waals surface area contributed by atoms with Crippen molar-refractivity contribution in [1.29, 1.82) is 0 Å². The van der Waals surface area contributed by atoms with Gasteiger partial charge in [0.15, 0.2) is 5.82 Å². The lowest BCUT2D eigenvalue weighted by atomic mass is 10.2. The minimum Gasteiger partial charge on any atom is -0.481 e. The first-order chi connectivity index (χ1) is 9.22. The van der Waals surface area contributed by atoms with Gasteiger partial charge in [0.2, 0.25) is 11.8 Å². The number of hydrogen-bond acceptors (Lipinski definition) is 6. The van der Waals surface area contributed by atoms with Gasteiger partial charge in [-0.3, -0.25) is 0 Å². The van der Waals surface area contributed by atoms with Crippen molar-refractivity contribution >= 4 is 0 Å². The van der Waals surface area contributed by atoms with Crippen LogP contribution in [0.15, 0.2) is 22.9 Å². The molecule has 0 fully saturated rings. The first-order valence-electron chi connectivity index (χ1n) is 6.27. The minimum atomic E-state index is 0.0697. The van der Waals surface area contributed by atoms with Gasteiger partial charge >= 0.3 is 0 Å². The Morgan fingerprint density at radius 2 is 2.26 bits per heavy atom. The van der Waals surface area contributed by atoms with Gasteiger partial charge in [-0.2, -0.15) is 4.98 Å². The van der Waals surface area contributed by atoms with E-state index in [1.165, 1.54) is 0 Å². The summed E-state index contributed by atoms with van der Waals surface area (Å²) in [6, 6.07) is 3.83. The molecular formula is C13H18N4O2. The fraction of sp³-hybridized carbons (Fsp3) is 0.462. The monoisotopic (exact) mass is 262 g/mol. The standard InChI is InChI=1S/C13H18N4O2/c1-4-14-9(2)13-16-11(17-19-13)7-10-5-6-12(18-3)15-8-10/h5-6,8-9,14H,4,7H2,1-3H3. The number of aromatic nitrogens is 3. The van der Waals surface area contributed by atoms with E-state index in [0.717, 1.165) is 12.1 Å². The van der Waals surface area contributed by atoms with Gasteiger partial charge in [0.25, 0.3) is 0 Å². The average molecular weight is 262 g/mol. The number of nitrogens with zero attached hydrogens (tertiary/aromatic N) is 3. The predicted molar refractivity (Wildman–Crippen MR) is 70.0 cm³/mol. The van der Waals surface area contributed by atoms with Gasteiger partial charge in [-0.15, -0.1) is 0 Å². The number of hydrogen-bond donors (Lipinski definition) is 1. The van der Waals surface area contributed by atoms with Crippen molar-refractivity contribution in [2.45, 2.75) is 26.3 Å². The molecule has 19 heavy (non-hydrogen) atoms. The summed E-state index contributed by atoms with van der Waals surface area (Å²) in [5.74, 6) is 1.86. The molecule has 2 aromatic rings. The maximum atomic E-state index is 5.23. The molecule has 1 N–H and O–H groups in total. The van der Waals surface area contributed by atoms with Gasteiger partial charge in [0, 0.05) is 18.7 Å². The second-order valence-corrected chi connectivity index (χ2v) is 4.21. The molecule has 0 aliphatic rings. The van der Waals surface area contributed by atoms with E-state index < -0.39 is 0 Å². The number of nitrogens with one attached hydrogen (secondary N) is 1. The second-order valence-electron chi connectivity index (χ2n) is 4.21. The molecule has 1 unspecified atom stereocenters. The highest BCUT2D eigenvalue weighted by Crippen LogP contribution is 2.13. The van der Waals surface area contributed by atoms with Crippen molar-refractivity contribution in [3.63, 3.8) is 0 Å². The molecule has 102 valence electrons. The highest BCUT2D eigenvalue weighted by molar-refractivity contribution is 5.20. The van der Waals surface area contributed by atoms with Crippen LogP contribution in [-0.4, -0.2) is 28.8 Å². The Balaban J connectivity index is 2.02. The normalized spacial score (nSPS) is 12.4. The minimum absolute atomic E-state index is 0.0697. The summed E-state index contributed by atoms with van der Waals surface area (Å²) in [6.45, 7) is 4.90. The van der Waals surface area contributed by atoms with Crippen molar-refractivity contribution in [2.24, 2.45) is 0 Å². The van der Waals surface area contributed by atoms with Crippen LogP contribution >= 0.6 is 0 Å². The van der Waals surface area contributed by atoms with Crippen LogP contribution in [0.1, 0.15) is 37.2 Å². The SMILES string of the molecule is CCNC(C)c1nc(Cc2ccc(OC)nc2)no1. The van der Waals surface area contributed by atoms with E-state index in [9.17, 15) is 0 Å². The van der Waals surface area contributed by atoms with Crippen LogP contribution < -0.4 is 10.1 Å². The Morgan fingerprint density at radius 1 is 1.42 bits per heavy atom. The molecule has 0 aliphatic carbocycles. The van der Waals surface area contributed by atoms with Gasteiger partial charge in [-0.25, -0.2) is 4.98 Å². The molecule has 0 aromatic carbocycles. The molecule has 2 aromatic heterocycles. The van der Waals surface area contributed by atoms with Gasteiger partial charge < -0.3 is 14.6 Å². The van der Waals surface area contributed by atoms with Crippen LogP contribution in [0, 0.1) is 0 Å². The topological polar surface area (TPSA) is 73.1 Å². The Bertz CT molecular complexity index is 510. The first-order valence-corrected chi connectivity index (χ1v) is 6.27. The zero-order valence-corrected chi connectivity index (χ0v) is 11.4. The molecule has 0 bridgehead atoms. The molecule has 6 nitrogen and oxygen atoms in total. The fourth-order valence-corrected chi connectivity index (χ4v) is 1.73. The molecule has 0 radical (unpaired) electrons. The van der Waals surface area contributed by atoms with E-state index in [4.69, 9.17) is 9.26 Å². The van der Waals surface area contributed by atoms with Crippen molar-refractivity contribution in [3.05, 3.63) is 35.6 Å². The molecule has 0 saturated carbocycles. The fourth-order valence-electron chi connectivity index (χ4n) is 1.73. The maximum Gasteiger partial charge on any atom is 0.243 e. The largest absolute Gasteiger partial charge is 0.481 e. The number of rotatable bonds is 6. The molecular weight excluding hydrogens is 244 g/mol. The quantitative estimate of drug-likeness (QED) is 0.854. The lowest BCUT2D eigenvalue weighted by molar-refractivity contribution is 0.339. The third kappa shape index (κ3) is 3.51. The van der Waals surface area contributed by atoms with Crippen molar-refractivity contribution < 1.29 is 9.26 Å². The molecule has 1 atom stereocenters. The Labute approximate surface area is 112 Å². The average Bonchev–Trinajstić information content (AvgIpc) is 2.88. The summed E-state index contributed by atoms with van der Waals surface area (Å²) in [5.41, 5.74) is 1.02. The molecule has 2 rings (SSSR count). The van der Waals surface area contributed by atoms with Crippen molar-refractivity contribution in [1.82, 2.24) is 20.4 Å². The van der Waals surface area contributed by atoms with Crippen LogP contribution in [0.5, 0.6) is 5.88 Å². The lowest BCUT2D eigenvalue weighted by Gasteiger charge is -2.05. The van der Waals surface area contributed by atoms with Crippen LogP contribution in [0.3, 0.4) is 0 Å². The highest BCUT2D eigenvalue weighted by Gasteiger charge is 2.13. The lowest BCUT2D eigenvalue weighted by Crippen LogP contribution is -2.17. The van der Waals surface area contributed by atoms with Gasteiger partial charge in [0.1, 0.15) is 0 Å². The Morgan fingerprint density at radius 3 is 2.89 bits per heavy atom. The predicted octanol–water partition coefficient (Wildman–Crippen LogP) is 1.73. The smallest absolute Gasteiger partial charge is 0.243 e. The van der Waals surface area contributed by atoms with Crippen molar-refractivity contribution in [2.75, 3.05) is 13.7 Å². The molecule has 0 amide bonds. The molecule has 0 saturated heterocycles. The summed E-state index contributed by atoms with van der Waals surface area (Å²) in [6.07, 6.45) is 2.35. The summed E-state index contributed by atoms with van der Waals surface area (Å²) in [5, 5.41) is 7.20. The maximum absolute atomic E-state index is 5.23. The number of ether oxygens (including phenoxy) is 1. The van der Waals surface area contributed by atoms with Crippen LogP contribution in [0.25, 0.3) is 0 Å². The van der Waals surface area contributed by atoms with E-state index >= 15 is 0 Å².